The highest BCUT2D eigenvalue weighted by atomic mass is 28.4. The van der Waals surface area contributed by atoms with E-state index >= 15 is 0 Å². The molecule has 0 radical (unpaired) electrons. The number of amides is 2. The van der Waals surface area contributed by atoms with Gasteiger partial charge in [-0.1, -0.05) is 20.8 Å². The molecule has 0 saturated carbocycles. The second-order valence-corrected chi connectivity index (χ2v) is 12.8. The molecule has 0 fully saturated rings. The summed E-state index contributed by atoms with van der Waals surface area (Å²) in [4.78, 5) is 26.3. The molecule has 0 aromatic rings. The summed E-state index contributed by atoms with van der Waals surface area (Å²) in [5.41, 5.74) is -1.21. The SMILES string of the molecule is CO[Si](OC)(OC)C(C)(C)C(C)C(C)(C)N(C(C)=O)C(C)(C)C(C)NC(C)=O. The molecule has 28 heavy (non-hydrogen) atoms. The second-order valence-electron chi connectivity index (χ2n) is 9.20. The topological polar surface area (TPSA) is 77.1 Å². The third-order valence-electron chi connectivity index (χ3n) is 6.68. The number of hydrogen-bond donors (Lipinski definition) is 1. The maximum absolute atomic E-state index is 12.8. The molecule has 0 spiro atoms. The number of nitrogens with one attached hydrogen (secondary N) is 1. The minimum absolute atomic E-state index is 0.0563. The van der Waals surface area contributed by atoms with Gasteiger partial charge < -0.3 is 23.5 Å². The molecule has 0 heterocycles. The highest BCUT2D eigenvalue weighted by Crippen LogP contribution is 2.52. The molecule has 0 aliphatic heterocycles. The first-order chi connectivity index (χ1) is 12.5. The summed E-state index contributed by atoms with van der Waals surface area (Å²) in [6, 6.07) is -0.238. The van der Waals surface area contributed by atoms with Crippen LogP contribution in [0.3, 0.4) is 0 Å². The van der Waals surface area contributed by atoms with Gasteiger partial charge in [0.25, 0.3) is 0 Å². The van der Waals surface area contributed by atoms with Gasteiger partial charge in [0.15, 0.2) is 0 Å². The van der Waals surface area contributed by atoms with Crippen LogP contribution in [0, 0.1) is 5.92 Å². The fourth-order valence-electron chi connectivity index (χ4n) is 4.61. The molecule has 0 aromatic carbocycles. The standard InChI is InChI=1S/C20H42N2O5Si/c1-14(20(9,10)28(25-11,26-12)27-13)18(5,6)22(17(4)24)19(7,8)15(2)21-16(3)23/h14-15H,1-13H3,(H,21,23). The zero-order valence-electron chi connectivity index (χ0n) is 20.1. The first-order valence-electron chi connectivity index (χ1n) is 9.73. The van der Waals surface area contributed by atoms with Crippen molar-refractivity contribution < 1.29 is 22.9 Å². The van der Waals surface area contributed by atoms with Crippen LogP contribution in [-0.2, 0) is 22.9 Å². The highest BCUT2D eigenvalue weighted by molar-refractivity contribution is 6.64. The fraction of sp³-hybridized carbons (Fsp3) is 0.900. The molecule has 2 atom stereocenters. The molecule has 0 aromatic heterocycles. The molecule has 2 unspecified atom stereocenters. The molecule has 0 rings (SSSR count). The maximum Gasteiger partial charge on any atom is 0.506 e. The molecule has 166 valence electrons. The van der Waals surface area contributed by atoms with Gasteiger partial charge in [-0.25, -0.2) is 0 Å². The van der Waals surface area contributed by atoms with E-state index in [1.165, 1.54) is 6.92 Å². The number of rotatable bonds is 10. The molecule has 0 bridgehead atoms. The van der Waals surface area contributed by atoms with Gasteiger partial charge in [-0.2, -0.15) is 0 Å². The minimum Gasteiger partial charge on any atom is -0.377 e. The van der Waals surface area contributed by atoms with Crippen LogP contribution in [0.5, 0.6) is 0 Å². The quantitative estimate of drug-likeness (QED) is 0.551. The smallest absolute Gasteiger partial charge is 0.377 e. The number of carbonyl (C=O) groups excluding carboxylic acids is 2. The largest absolute Gasteiger partial charge is 0.506 e. The predicted octanol–water partition coefficient (Wildman–Crippen LogP) is 3.21. The third kappa shape index (κ3) is 4.78. The van der Waals surface area contributed by atoms with E-state index in [9.17, 15) is 9.59 Å². The van der Waals surface area contributed by atoms with Gasteiger partial charge in [0, 0.05) is 51.8 Å². The molecule has 0 aliphatic carbocycles. The van der Waals surface area contributed by atoms with Gasteiger partial charge in [0.2, 0.25) is 11.8 Å². The van der Waals surface area contributed by atoms with Gasteiger partial charge in [0.1, 0.15) is 0 Å². The van der Waals surface area contributed by atoms with Crippen LogP contribution in [0.1, 0.15) is 69.2 Å². The van der Waals surface area contributed by atoms with Crippen molar-refractivity contribution in [2.45, 2.75) is 91.4 Å². The third-order valence-corrected chi connectivity index (χ3v) is 10.3. The van der Waals surface area contributed by atoms with Crippen LogP contribution in [0.25, 0.3) is 0 Å². The van der Waals surface area contributed by atoms with E-state index in [1.54, 1.807) is 28.3 Å². The lowest BCUT2D eigenvalue weighted by Crippen LogP contribution is -2.69. The minimum atomic E-state index is -3.02. The summed E-state index contributed by atoms with van der Waals surface area (Å²) < 4.78 is 17.3. The van der Waals surface area contributed by atoms with Crippen LogP contribution in [0.2, 0.25) is 5.04 Å². The second kappa shape index (κ2) is 9.24. The Morgan fingerprint density at radius 1 is 0.857 bits per heavy atom. The zero-order chi connectivity index (χ0) is 22.7. The van der Waals surface area contributed by atoms with Gasteiger partial charge in [-0.15, -0.1) is 0 Å². The molecule has 2 amide bonds. The van der Waals surface area contributed by atoms with Crippen LogP contribution in [0.4, 0.5) is 0 Å². The summed E-state index contributed by atoms with van der Waals surface area (Å²) in [5, 5.41) is 2.44. The van der Waals surface area contributed by atoms with E-state index in [1.807, 2.05) is 39.5 Å². The van der Waals surface area contributed by atoms with Gasteiger partial charge in [-0.3, -0.25) is 9.59 Å². The van der Waals surface area contributed by atoms with E-state index in [-0.39, 0.29) is 23.8 Å². The van der Waals surface area contributed by atoms with E-state index in [4.69, 9.17) is 13.3 Å². The summed E-state index contributed by atoms with van der Waals surface area (Å²) in [7, 11) is 1.79. The first-order valence-corrected chi connectivity index (χ1v) is 11.5. The van der Waals surface area contributed by atoms with Gasteiger partial charge in [-0.05, 0) is 40.5 Å². The Hall–Kier alpha value is -0.963. The molecule has 1 N–H and O–H groups in total. The van der Waals surface area contributed by atoms with Gasteiger partial charge in [0.05, 0.1) is 5.54 Å². The predicted molar refractivity (Wildman–Crippen MR) is 114 cm³/mol. The lowest BCUT2D eigenvalue weighted by Gasteiger charge is -2.57. The average Bonchev–Trinajstić information content (AvgIpc) is 2.54. The highest BCUT2D eigenvalue weighted by Gasteiger charge is 2.61. The van der Waals surface area contributed by atoms with E-state index < -0.39 is 24.9 Å². The molecule has 8 heteroatoms. The number of nitrogens with zero attached hydrogens (tertiary/aromatic N) is 1. The molecular weight excluding hydrogens is 376 g/mol. The zero-order valence-corrected chi connectivity index (χ0v) is 21.1. The number of carbonyl (C=O) groups is 2. The van der Waals surface area contributed by atoms with Crippen LogP contribution < -0.4 is 5.32 Å². The maximum atomic E-state index is 12.8. The molecule has 7 nitrogen and oxygen atoms in total. The monoisotopic (exact) mass is 418 g/mol. The summed E-state index contributed by atoms with van der Waals surface area (Å²) in [6.07, 6.45) is 0. The summed E-state index contributed by atoms with van der Waals surface area (Å²) in [5.74, 6) is -0.242. The van der Waals surface area contributed by atoms with E-state index in [2.05, 4.69) is 26.1 Å². The van der Waals surface area contributed by atoms with Crippen LogP contribution in [0.15, 0.2) is 0 Å². The van der Waals surface area contributed by atoms with Crippen molar-refractivity contribution in [2.24, 2.45) is 5.92 Å². The van der Waals surface area contributed by atoms with E-state index in [0.29, 0.717) is 0 Å². The van der Waals surface area contributed by atoms with Crippen molar-refractivity contribution in [3.05, 3.63) is 0 Å². The Balaban J connectivity index is 6.32. The van der Waals surface area contributed by atoms with Crippen LogP contribution >= 0.6 is 0 Å². The summed E-state index contributed by atoms with van der Waals surface area (Å²) >= 11 is 0. The van der Waals surface area contributed by atoms with E-state index in [0.717, 1.165) is 0 Å². The Labute approximate surface area is 172 Å². The van der Waals surface area contributed by atoms with Crippen molar-refractivity contribution in [3.8, 4) is 0 Å². The van der Waals surface area contributed by atoms with Crippen molar-refractivity contribution in [1.29, 1.82) is 0 Å². The van der Waals surface area contributed by atoms with Crippen LogP contribution in [-0.4, -0.2) is 64.0 Å². The Morgan fingerprint density at radius 2 is 1.25 bits per heavy atom. The van der Waals surface area contributed by atoms with Crippen molar-refractivity contribution in [3.63, 3.8) is 0 Å². The first kappa shape index (κ1) is 27.0. The lowest BCUT2D eigenvalue weighted by atomic mass is 9.75. The van der Waals surface area contributed by atoms with Crippen molar-refractivity contribution in [1.82, 2.24) is 10.2 Å². The fourth-order valence-corrected chi connectivity index (χ4v) is 7.57. The van der Waals surface area contributed by atoms with Gasteiger partial charge >= 0.3 is 8.80 Å². The Kier molecular flexibility index (Phi) is 8.92. The number of hydrogen-bond acceptors (Lipinski definition) is 5. The molecule has 0 saturated heterocycles. The molecular formula is C20H42N2O5Si. The normalized spacial score (nSPS) is 15.8. The van der Waals surface area contributed by atoms with Crippen molar-refractivity contribution >= 4 is 20.6 Å². The Bertz CT molecular complexity index is 551. The summed E-state index contributed by atoms with van der Waals surface area (Å²) in [6.45, 7) is 19.2. The Morgan fingerprint density at radius 3 is 1.54 bits per heavy atom. The average molecular weight is 419 g/mol. The molecule has 0 aliphatic rings. The van der Waals surface area contributed by atoms with Crippen molar-refractivity contribution in [2.75, 3.05) is 21.3 Å². The lowest BCUT2D eigenvalue weighted by molar-refractivity contribution is -0.149.